The van der Waals surface area contributed by atoms with Crippen LogP contribution in [0.2, 0.25) is 0 Å². The summed E-state index contributed by atoms with van der Waals surface area (Å²) >= 11 is 3.43. The van der Waals surface area contributed by atoms with Crippen molar-refractivity contribution in [3.63, 3.8) is 0 Å². The molecule has 0 aliphatic carbocycles. The summed E-state index contributed by atoms with van der Waals surface area (Å²) in [4.78, 5) is 13.9. The van der Waals surface area contributed by atoms with Gasteiger partial charge in [0.2, 0.25) is 5.91 Å². The first-order valence-corrected chi connectivity index (χ1v) is 7.63. The standard InChI is InChI=1S/C15H21BrN2O/c1-18(15(19)10-13-6-8-17-11-13)9-7-12-2-4-14(16)5-3-12/h2-5,13,17H,6-11H2,1H3. The number of nitrogens with zero attached hydrogens (tertiary/aromatic N) is 1. The van der Waals surface area contributed by atoms with Crippen LogP contribution in [0.5, 0.6) is 0 Å². The van der Waals surface area contributed by atoms with Gasteiger partial charge in [-0.05, 0) is 49.5 Å². The lowest BCUT2D eigenvalue weighted by atomic mass is 10.0. The molecule has 1 saturated heterocycles. The fraction of sp³-hybridized carbons (Fsp3) is 0.533. The zero-order valence-electron chi connectivity index (χ0n) is 11.4. The minimum Gasteiger partial charge on any atom is -0.345 e. The van der Waals surface area contributed by atoms with Crippen LogP contribution in [0.1, 0.15) is 18.4 Å². The van der Waals surface area contributed by atoms with Gasteiger partial charge in [0.05, 0.1) is 0 Å². The lowest BCUT2D eigenvalue weighted by molar-refractivity contribution is -0.130. The quantitative estimate of drug-likeness (QED) is 0.902. The summed E-state index contributed by atoms with van der Waals surface area (Å²) in [5.41, 5.74) is 1.27. The van der Waals surface area contributed by atoms with Gasteiger partial charge in [-0.3, -0.25) is 4.79 Å². The first kappa shape index (κ1) is 14.5. The van der Waals surface area contributed by atoms with Crippen LogP contribution in [0.3, 0.4) is 0 Å². The third-order valence-corrected chi connectivity index (χ3v) is 4.23. The first-order valence-electron chi connectivity index (χ1n) is 6.84. The van der Waals surface area contributed by atoms with Gasteiger partial charge < -0.3 is 10.2 Å². The van der Waals surface area contributed by atoms with E-state index in [-0.39, 0.29) is 5.91 Å². The predicted octanol–water partition coefficient (Wildman–Crippen LogP) is 2.45. The number of benzene rings is 1. The molecule has 0 radical (unpaired) electrons. The SMILES string of the molecule is CN(CCc1ccc(Br)cc1)C(=O)CC1CCNC1. The molecule has 1 N–H and O–H groups in total. The van der Waals surface area contributed by atoms with Gasteiger partial charge in [-0.1, -0.05) is 28.1 Å². The van der Waals surface area contributed by atoms with Crippen molar-refractivity contribution in [1.82, 2.24) is 10.2 Å². The lowest BCUT2D eigenvalue weighted by Crippen LogP contribution is -2.30. The Morgan fingerprint density at radius 3 is 2.79 bits per heavy atom. The van der Waals surface area contributed by atoms with Gasteiger partial charge in [-0.2, -0.15) is 0 Å². The fourth-order valence-electron chi connectivity index (χ4n) is 2.36. The smallest absolute Gasteiger partial charge is 0.222 e. The van der Waals surface area contributed by atoms with E-state index < -0.39 is 0 Å². The predicted molar refractivity (Wildman–Crippen MR) is 81.1 cm³/mol. The van der Waals surface area contributed by atoms with E-state index in [0.717, 1.165) is 36.9 Å². The molecular weight excluding hydrogens is 304 g/mol. The summed E-state index contributed by atoms with van der Waals surface area (Å²) in [6.07, 6.45) is 2.73. The van der Waals surface area contributed by atoms with Crippen LogP contribution >= 0.6 is 15.9 Å². The van der Waals surface area contributed by atoms with Gasteiger partial charge >= 0.3 is 0 Å². The van der Waals surface area contributed by atoms with Crippen molar-refractivity contribution in [2.24, 2.45) is 5.92 Å². The molecule has 1 heterocycles. The van der Waals surface area contributed by atoms with Crippen LogP contribution < -0.4 is 5.32 Å². The average Bonchev–Trinajstić information content (AvgIpc) is 2.90. The van der Waals surface area contributed by atoms with Crippen LogP contribution in [-0.2, 0) is 11.2 Å². The minimum absolute atomic E-state index is 0.269. The van der Waals surface area contributed by atoms with Crippen LogP contribution in [0.25, 0.3) is 0 Å². The summed E-state index contributed by atoms with van der Waals surface area (Å²) in [5, 5.41) is 3.30. The molecule has 0 saturated carbocycles. The summed E-state index contributed by atoms with van der Waals surface area (Å²) in [7, 11) is 1.91. The topological polar surface area (TPSA) is 32.3 Å². The third kappa shape index (κ3) is 4.62. The highest BCUT2D eigenvalue weighted by Crippen LogP contribution is 2.14. The Balaban J connectivity index is 1.75. The second-order valence-corrected chi connectivity index (χ2v) is 6.17. The Bertz CT molecular complexity index is 413. The largest absolute Gasteiger partial charge is 0.345 e. The van der Waals surface area contributed by atoms with Crippen LogP contribution in [-0.4, -0.2) is 37.5 Å². The molecule has 4 heteroatoms. The van der Waals surface area contributed by atoms with Crippen molar-refractivity contribution in [3.8, 4) is 0 Å². The third-order valence-electron chi connectivity index (χ3n) is 3.70. The Morgan fingerprint density at radius 2 is 2.16 bits per heavy atom. The van der Waals surface area contributed by atoms with Crippen molar-refractivity contribution in [1.29, 1.82) is 0 Å². The molecule has 1 atom stereocenters. The number of amides is 1. The second-order valence-electron chi connectivity index (χ2n) is 5.25. The van der Waals surface area contributed by atoms with E-state index in [1.54, 1.807) is 0 Å². The van der Waals surface area contributed by atoms with Gasteiger partial charge in [0.25, 0.3) is 0 Å². The number of carbonyl (C=O) groups is 1. The molecule has 19 heavy (non-hydrogen) atoms. The fourth-order valence-corrected chi connectivity index (χ4v) is 2.63. The van der Waals surface area contributed by atoms with E-state index in [1.165, 1.54) is 5.56 Å². The molecule has 0 spiro atoms. The number of halogens is 1. The van der Waals surface area contributed by atoms with E-state index in [2.05, 4.69) is 33.4 Å². The highest BCUT2D eigenvalue weighted by molar-refractivity contribution is 9.10. The summed E-state index contributed by atoms with van der Waals surface area (Å²) in [6, 6.07) is 8.29. The van der Waals surface area contributed by atoms with Gasteiger partial charge in [0, 0.05) is 24.5 Å². The highest BCUT2D eigenvalue weighted by Gasteiger charge is 2.19. The van der Waals surface area contributed by atoms with Gasteiger partial charge in [0.1, 0.15) is 0 Å². The maximum atomic E-state index is 12.1. The normalized spacial score (nSPS) is 18.5. The van der Waals surface area contributed by atoms with Crippen molar-refractivity contribution >= 4 is 21.8 Å². The van der Waals surface area contributed by atoms with Gasteiger partial charge in [-0.15, -0.1) is 0 Å². The zero-order chi connectivity index (χ0) is 13.7. The molecule has 1 aliphatic rings. The first-order chi connectivity index (χ1) is 9.15. The van der Waals surface area contributed by atoms with E-state index in [1.807, 2.05) is 24.1 Å². The van der Waals surface area contributed by atoms with E-state index in [9.17, 15) is 4.79 Å². The van der Waals surface area contributed by atoms with Crippen LogP contribution in [0.15, 0.2) is 28.7 Å². The molecule has 104 valence electrons. The summed E-state index contributed by atoms with van der Waals surface area (Å²) in [5.74, 6) is 0.799. The number of likely N-dealkylation sites (N-methyl/N-ethyl adjacent to an activating group) is 1. The second kappa shape index (κ2) is 7.06. The molecular formula is C15H21BrN2O. The van der Waals surface area contributed by atoms with E-state index in [4.69, 9.17) is 0 Å². The molecule has 1 amide bonds. The maximum Gasteiger partial charge on any atom is 0.222 e. The van der Waals surface area contributed by atoms with Crippen molar-refractivity contribution in [2.45, 2.75) is 19.3 Å². The van der Waals surface area contributed by atoms with E-state index in [0.29, 0.717) is 12.3 Å². The number of hydrogen-bond donors (Lipinski definition) is 1. The number of hydrogen-bond acceptors (Lipinski definition) is 2. The average molecular weight is 325 g/mol. The van der Waals surface area contributed by atoms with Crippen molar-refractivity contribution < 1.29 is 4.79 Å². The summed E-state index contributed by atoms with van der Waals surface area (Å²) in [6.45, 7) is 2.84. The summed E-state index contributed by atoms with van der Waals surface area (Å²) < 4.78 is 1.09. The molecule has 0 bridgehead atoms. The zero-order valence-corrected chi connectivity index (χ0v) is 12.9. The molecule has 3 nitrogen and oxygen atoms in total. The molecule has 1 aromatic carbocycles. The van der Waals surface area contributed by atoms with Crippen molar-refractivity contribution in [3.05, 3.63) is 34.3 Å². The van der Waals surface area contributed by atoms with Crippen LogP contribution in [0.4, 0.5) is 0 Å². The minimum atomic E-state index is 0.269. The molecule has 1 aromatic rings. The molecule has 1 aliphatic heterocycles. The number of rotatable bonds is 5. The van der Waals surface area contributed by atoms with Gasteiger partial charge in [0.15, 0.2) is 0 Å². The maximum absolute atomic E-state index is 12.1. The lowest BCUT2D eigenvalue weighted by Gasteiger charge is -2.19. The monoisotopic (exact) mass is 324 g/mol. The molecule has 2 rings (SSSR count). The number of nitrogens with one attached hydrogen (secondary N) is 1. The Labute approximate surface area is 123 Å². The molecule has 1 fully saturated rings. The number of carbonyl (C=O) groups excluding carboxylic acids is 1. The highest BCUT2D eigenvalue weighted by atomic mass is 79.9. The van der Waals surface area contributed by atoms with E-state index >= 15 is 0 Å². The van der Waals surface area contributed by atoms with Crippen molar-refractivity contribution in [2.75, 3.05) is 26.7 Å². The Morgan fingerprint density at radius 1 is 1.42 bits per heavy atom. The molecule has 1 unspecified atom stereocenters. The Kier molecular flexibility index (Phi) is 5.40. The van der Waals surface area contributed by atoms with Gasteiger partial charge in [-0.25, -0.2) is 0 Å². The van der Waals surface area contributed by atoms with Crippen LogP contribution in [0, 0.1) is 5.92 Å². The molecule has 0 aromatic heterocycles. The Hall–Kier alpha value is -0.870.